The zero-order valence-electron chi connectivity index (χ0n) is 85.1. The molecule has 3 radical (unpaired) electrons. The van der Waals surface area contributed by atoms with Gasteiger partial charge in [-0.1, -0.05) is 355 Å². The van der Waals surface area contributed by atoms with Crippen molar-refractivity contribution in [2.45, 2.75) is 87.6 Å². The van der Waals surface area contributed by atoms with Crippen LogP contribution in [-0.2, 0) is 137 Å². The standard InChI is InChI=1S/C45H32N2.C38H25N.C31H20BrN.C13H14N2.C6H10O.C4H8O.CH4.3Y.H2/c1-5-19-35(20-6-1)44(36-21-7-2-8-22-36)46-33-34-18-17-25-38(32-34)45(37-23-9-3-10-24-37)40-28-13-15-30-42(40)47(39-26-11-4-12-27-39)43-31-16-14-29-41(43)45;1-3-14-29(15-4-1)38(30-23-24-33-28(26-30)25-27-13-7-8-18-32(27)33)34-19-9-11-21-36(34)39(31-16-5-2-6-17-31)37-22-12-10-20-35(37)38;32-25-15-11-14-24(22-25)31(23-12-3-1-4-13-23)27-18-7-9-20-29(27)33(26-16-5-2-6-17-26)30-21-10-8-19-28(30)31;14-15-13(11-7-3-1-4-8-11)12-9-5-2-6-10-12;7-6-4-2-1-3-5-6;1-2-4-5-3-1;;;;;/h1-23,26-32H,33H2;1-14,16-22,24,26H,25H2;1-12,15-22H;1-10,13,15H,14H2;1-5H2;1-4H2;1H4;;;;1H/q3*-2;;;;;;;;/i;;;;;;;;;;1+1D. The minimum absolute atomic E-state index is 0. The summed E-state index contributed by atoms with van der Waals surface area (Å²) in [6, 6.07) is 199. The molecule has 150 heavy (non-hydrogen) atoms. The topological polar surface area (TPSA) is 86.4 Å². The number of fused-ring (bicyclic) bond motifs is 9. The summed E-state index contributed by atoms with van der Waals surface area (Å²) < 4.78 is 16.0. The molecule has 6 aliphatic rings. The van der Waals surface area contributed by atoms with Gasteiger partial charge >= 0.3 is 0 Å². The predicted octanol–water partition coefficient (Wildman–Crippen LogP) is 33.2. The number of ether oxygens (including phenoxy) is 1. The van der Waals surface area contributed by atoms with Crippen molar-refractivity contribution >= 4 is 78.6 Å². The van der Waals surface area contributed by atoms with E-state index >= 15 is 0 Å². The molecule has 0 atom stereocenters. The van der Waals surface area contributed by atoms with Crippen LogP contribution in [0.3, 0.4) is 0 Å². The number of aliphatic imine (C=N–C) groups is 1. The van der Waals surface area contributed by atoms with Gasteiger partial charge in [0, 0.05) is 178 Å². The fourth-order valence-electron chi connectivity index (χ4n) is 22.0. The van der Waals surface area contributed by atoms with Crippen molar-refractivity contribution in [3.63, 3.8) is 0 Å². The van der Waals surface area contributed by atoms with Crippen LogP contribution in [0.15, 0.2) is 513 Å². The monoisotopic (exact) mass is 2240 g/mol. The number of carbonyl (C=O) groups excluding carboxylic acids is 1. The van der Waals surface area contributed by atoms with Crippen molar-refractivity contribution < 1.29 is 111 Å². The number of anilines is 9. The minimum Gasteiger partial charge on any atom is -0.381 e. The molecular weight excluding hydrogens is 2120 g/mol. The third-order valence-electron chi connectivity index (χ3n) is 28.4. The van der Waals surface area contributed by atoms with E-state index in [9.17, 15) is 4.79 Å². The van der Waals surface area contributed by atoms with E-state index in [1.807, 2.05) is 91.0 Å². The molecule has 0 spiro atoms. The SMILES string of the molecule is Brc1cc[c-]c(C2(c3[c-]cccc3)c3ccccc3N(c3ccccc3)c3ccccc32)c1.C.C1CCOC1.NNC(c1ccccc1)c1ccccc1.O=C1CCCCC1.[2H][2H].[Y].[Y].[Y].[c-]1ccccc1C1(c2[c-]cc3c(c2)Cc2ccccc2-3)c2ccccc2N(c2ccccc2)c2ccccc21.[c-]1ccccc1C1(c2[c-]ccc(CN=C(c3ccccc3)c3ccccc3)c2)c2ccccc2N(c2ccccc2)c2ccccc21. The fourth-order valence-corrected chi connectivity index (χ4v) is 22.3. The molecule has 20 aromatic rings. The van der Waals surface area contributed by atoms with Crippen LogP contribution in [0.2, 0.25) is 0 Å². The number of ketones is 1. The summed E-state index contributed by atoms with van der Waals surface area (Å²) in [5, 5.41) is 0. The second kappa shape index (κ2) is 51.6. The van der Waals surface area contributed by atoms with Gasteiger partial charge in [0.1, 0.15) is 5.78 Å². The number of hydrazine groups is 1. The molecule has 8 nitrogen and oxygen atoms in total. The van der Waals surface area contributed by atoms with Gasteiger partial charge in [-0.2, -0.15) is 158 Å². The molecule has 2 aliphatic carbocycles. The van der Waals surface area contributed by atoms with Gasteiger partial charge in [-0.3, -0.25) is 15.6 Å². The fraction of sp³-hybridized carbons (Fsp3) is 0.116. The Morgan fingerprint density at radius 3 is 1.01 bits per heavy atom. The Labute approximate surface area is 971 Å². The average Bonchev–Trinajstić information content (AvgIpc) is 1.23. The number of carbonyl (C=O) groups is 1. The number of halogens is 1. The Morgan fingerprint density at radius 2 is 0.667 bits per heavy atom. The summed E-state index contributed by atoms with van der Waals surface area (Å²) in [5.41, 5.74) is 37.4. The number of hydrogen-bond acceptors (Lipinski definition) is 8. The molecule has 4 heterocycles. The summed E-state index contributed by atoms with van der Waals surface area (Å²) in [6.45, 7) is 2.54. The first-order valence-electron chi connectivity index (χ1n) is 51.5. The summed E-state index contributed by atoms with van der Waals surface area (Å²) in [4.78, 5) is 22.9. The number of hydrogen-bond donors (Lipinski definition) is 2. The Bertz CT molecular complexity index is 7630. The molecule has 4 aliphatic heterocycles. The van der Waals surface area contributed by atoms with Crippen LogP contribution in [0.4, 0.5) is 51.2 Å². The maximum absolute atomic E-state index is 10.5. The number of nitrogens with zero attached hydrogens (tertiary/aromatic N) is 4. The van der Waals surface area contributed by atoms with Crippen LogP contribution < -0.4 is 26.0 Å². The Balaban J connectivity index is 0.000000142. The normalized spacial score (nSPS) is 13.7. The van der Waals surface area contributed by atoms with Crippen molar-refractivity contribution in [3.05, 3.63) is 650 Å². The molecule has 0 aromatic heterocycles. The first-order valence-corrected chi connectivity index (χ1v) is 51.3. The van der Waals surface area contributed by atoms with Crippen LogP contribution in [0.5, 0.6) is 0 Å². The van der Waals surface area contributed by atoms with E-state index in [0.717, 1.165) is 145 Å². The Kier molecular flexibility index (Phi) is 36.7. The number of nitrogens with one attached hydrogen (secondary N) is 1. The second-order valence-corrected chi connectivity index (χ2v) is 38.0. The molecule has 1 saturated heterocycles. The van der Waals surface area contributed by atoms with Gasteiger partial charge in [0.15, 0.2) is 0 Å². The predicted molar refractivity (Wildman–Crippen MR) is 609 cm³/mol. The van der Waals surface area contributed by atoms with Crippen molar-refractivity contribution in [1.82, 2.24) is 5.43 Å². The van der Waals surface area contributed by atoms with Gasteiger partial charge in [0.05, 0.1) is 45.9 Å². The van der Waals surface area contributed by atoms with E-state index < -0.39 is 16.2 Å². The Morgan fingerprint density at radius 1 is 0.340 bits per heavy atom. The van der Waals surface area contributed by atoms with Crippen LogP contribution in [-0.4, -0.2) is 24.7 Å². The summed E-state index contributed by atoms with van der Waals surface area (Å²) in [7, 11) is 0. The van der Waals surface area contributed by atoms with Gasteiger partial charge in [0.2, 0.25) is 0 Å². The molecule has 2 fully saturated rings. The number of rotatable bonds is 16. The second-order valence-electron chi connectivity index (χ2n) is 37.1. The zero-order valence-corrected chi connectivity index (χ0v) is 93.2. The molecule has 12 heteroatoms. The van der Waals surface area contributed by atoms with Gasteiger partial charge in [-0.15, -0.1) is 50.1 Å². The van der Waals surface area contributed by atoms with E-state index in [2.05, 4.69) is 485 Å². The van der Waals surface area contributed by atoms with E-state index in [1.165, 1.54) is 97.4 Å². The van der Waals surface area contributed by atoms with Crippen LogP contribution >= 0.6 is 15.9 Å². The van der Waals surface area contributed by atoms with Crippen LogP contribution in [0, 0.1) is 36.4 Å². The van der Waals surface area contributed by atoms with E-state index in [-0.39, 0.29) is 112 Å². The zero-order chi connectivity index (χ0) is 101. The van der Waals surface area contributed by atoms with Crippen LogP contribution in [0.25, 0.3) is 11.1 Å². The maximum Gasteiger partial charge on any atom is 0.132 e. The van der Waals surface area contributed by atoms with Gasteiger partial charge in [0.25, 0.3) is 0 Å². The largest absolute Gasteiger partial charge is 0.381 e. The summed E-state index contributed by atoms with van der Waals surface area (Å²) >= 11 is 3.71. The molecule has 20 aromatic carbocycles. The third-order valence-corrected chi connectivity index (χ3v) is 28.9. The first kappa shape index (κ1) is 107. The number of benzene rings is 20. The third kappa shape index (κ3) is 22.3. The van der Waals surface area contributed by atoms with Crippen LogP contribution in [0.1, 0.15) is 167 Å². The van der Waals surface area contributed by atoms with Crippen molar-refractivity contribution in [2.75, 3.05) is 27.9 Å². The van der Waals surface area contributed by atoms with Crippen molar-refractivity contribution in [2.24, 2.45) is 10.8 Å². The minimum atomic E-state index is -0.652. The molecule has 0 unspecified atom stereocenters. The molecule has 0 amide bonds. The van der Waals surface area contributed by atoms with Gasteiger partial charge in [-0.05, 0) is 149 Å². The molecule has 26 rings (SSSR count). The number of nitrogens with two attached hydrogens (primary N) is 1. The van der Waals surface area contributed by atoms with Gasteiger partial charge in [-0.25, -0.2) is 5.43 Å². The number of Topliss-reactive ketones (excluding diaryl/α,β-unsaturated/α-hetero) is 1. The van der Waals surface area contributed by atoms with E-state index in [0.29, 0.717) is 12.3 Å². The van der Waals surface area contributed by atoms with E-state index in [4.69, 9.17) is 18.5 Å². The maximum atomic E-state index is 10.5. The van der Waals surface area contributed by atoms with Gasteiger partial charge < -0.3 is 19.4 Å². The summed E-state index contributed by atoms with van der Waals surface area (Å²) in [5.74, 6) is 6.05. The molecular formula is C138H115BrN6O2Y3-6. The van der Waals surface area contributed by atoms with Crippen molar-refractivity contribution in [1.29, 1.82) is 0 Å². The van der Waals surface area contributed by atoms with Crippen molar-refractivity contribution in [3.8, 4) is 11.1 Å². The average molecular weight is 2240 g/mol. The molecule has 3 N–H and O–H groups in total. The number of para-hydroxylation sites is 9. The first-order chi connectivity index (χ1) is 73.3. The summed E-state index contributed by atoms with van der Waals surface area (Å²) in [6.07, 6.45) is 8.74. The molecule has 731 valence electrons. The van der Waals surface area contributed by atoms with E-state index in [1.54, 1.807) is 0 Å². The molecule has 0 bridgehead atoms. The Hall–Kier alpha value is -13.2. The smallest absolute Gasteiger partial charge is 0.132 e. The quantitative estimate of drug-likeness (QED) is 0.0431. The molecule has 1 saturated carbocycles.